The fourth-order valence-corrected chi connectivity index (χ4v) is 4.50. The van der Waals surface area contributed by atoms with Gasteiger partial charge in [0.1, 0.15) is 5.76 Å². The molecule has 0 radical (unpaired) electrons. The van der Waals surface area contributed by atoms with Crippen molar-refractivity contribution in [1.29, 1.82) is 0 Å². The minimum Gasteiger partial charge on any atom is -0.457 e. The van der Waals surface area contributed by atoms with Crippen molar-refractivity contribution in [2.45, 2.75) is 31.7 Å². The Hall–Kier alpha value is -1.29. The van der Waals surface area contributed by atoms with E-state index in [9.17, 15) is 0 Å². The van der Waals surface area contributed by atoms with Crippen molar-refractivity contribution >= 4 is 33.9 Å². The first kappa shape index (κ1) is 13.4. The fraction of sp³-hybridized carbons (Fsp3) is 0.294. The lowest BCUT2D eigenvalue weighted by atomic mass is 9.98. The first-order chi connectivity index (χ1) is 10.2. The van der Waals surface area contributed by atoms with Crippen molar-refractivity contribution in [3.05, 3.63) is 56.4 Å². The Balaban J connectivity index is 1.73. The molecule has 3 aromatic rings. The van der Waals surface area contributed by atoms with Gasteiger partial charge in [0, 0.05) is 15.1 Å². The molecule has 0 amide bonds. The first-order valence-corrected chi connectivity index (χ1v) is 8.47. The van der Waals surface area contributed by atoms with E-state index in [4.69, 9.17) is 21.8 Å². The standard InChI is InChI=1S/C17H16ClNOS/c18-12-6-3-5-11-8-13(20-17(11)12)16(19)15-9-10-4-1-2-7-14(10)21-15/h3,5-6,8-9,16H,1-2,4,7,19H2. The van der Waals surface area contributed by atoms with E-state index in [0.717, 1.165) is 16.7 Å². The van der Waals surface area contributed by atoms with Gasteiger partial charge in [-0.25, -0.2) is 0 Å². The highest BCUT2D eigenvalue weighted by Gasteiger charge is 2.21. The topological polar surface area (TPSA) is 39.2 Å². The smallest absolute Gasteiger partial charge is 0.152 e. The molecule has 4 heteroatoms. The summed E-state index contributed by atoms with van der Waals surface area (Å²) in [4.78, 5) is 2.69. The van der Waals surface area contributed by atoms with Crippen LogP contribution in [0.2, 0.25) is 5.02 Å². The van der Waals surface area contributed by atoms with E-state index >= 15 is 0 Å². The summed E-state index contributed by atoms with van der Waals surface area (Å²) in [6, 6.07) is 9.83. The molecular weight excluding hydrogens is 302 g/mol. The number of rotatable bonds is 2. The monoisotopic (exact) mass is 317 g/mol. The van der Waals surface area contributed by atoms with Gasteiger partial charge in [-0.3, -0.25) is 0 Å². The van der Waals surface area contributed by atoms with Gasteiger partial charge in [0.25, 0.3) is 0 Å². The number of benzene rings is 1. The molecule has 1 unspecified atom stereocenters. The summed E-state index contributed by atoms with van der Waals surface area (Å²) >= 11 is 8.01. The van der Waals surface area contributed by atoms with Gasteiger partial charge in [0.05, 0.1) is 11.1 Å². The normalized spacial score (nSPS) is 16.1. The number of halogens is 1. The van der Waals surface area contributed by atoms with E-state index in [1.165, 1.54) is 41.0 Å². The summed E-state index contributed by atoms with van der Waals surface area (Å²) in [7, 11) is 0. The summed E-state index contributed by atoms with van der Waals surface area (Å²) in [5.41, 5.74) is 8.62. The number of fused-ring (bicyclic) bond motifs is 2. The molecule has 1 aromatic carbocycles. The molecule has 0 aliphatic heterocycles. The summed E-state index contributed by atoms with van der Waals surface area (Å²) in [6.45, 7) is 0. The van der Waals surface area contributed by atoms with Gasteiger partial charge in [-0.15, -0.1) is 11.3 Å². The van der Waals surface area contributed by atoms with Crippen molar-refractivity contribution < 1.29 is 4.42 Å². The van der Waals surface area contributed by atoms with Gasteiger partial charge in [0.2, 0.25) is 0 Å². The molecule has 0 saturated carbocycles. The van der Waals surface area contributed by atoms with Crippen LogP contribution in [0.5, 0.6) is 0 Å². The first-order valence-electron chi connectivity index (χ1n) is 7.27. The third-order valence-corrected chi connectivity index (χ3v) is 5.76. The van der Waals surface area contributed by atoms with Crippen LogP contribution in [0, 0.1) is 0 Å². The number of nitrogens with two attached hydrogens (primary N) is 1. The van der Waals surface area contributed by atoms with E-state index in [0.29, 0.717) is 5.02 Å². The predicted molar refractivity (Wildman–Crippen MR) is 88.2 cm³/mol. The van der Waals surface area contributed by atoms with E-state index in [1.54, 1.807) is 0 Å². The maximum atomic E-state index is 6.42. The molecule has 0 saturated heterocycles. The number of thiophene rings is 1. The maximum absolute atomic E-state index is 6.42. The van der Waals surface area contributed by atoms with Crippen LogP contribution in [0.25, 0.3) is 11.0 Å². The lowest BCUT2D eigenvalue weighted by molar-refractivity contribution is 0.528. The van der Waals surface area contributed by atoms with Crippen LogP contribution in [0.3, 0.4) is 0 Å². The Morgan fingerprint density at radius 2 is 2.05 bits per heavy atom. The van der Waals surface area contributed by atoms with Crippen LogP contribution in [0.4, 0.5) is 0 Å². The third-order valence-electron chi connectivity index (χ3n) is 4.14. The summed E-state index contributed by atoms with van der Waals surface area (Å²) < 4.78 is 5.90. The van der Waals surface area contributed by atoms with Gasteiger partial charge in [-0.05, 0) is 49.4 Å². The van der Waals surface area contributed by atoms with Crippen LogP contribution < -0.4 is 5.73 Å². The molecule has 0 bridgehead atoms. The molecule has 2 N–H and O–H groups in total. The molecule has 1 atom stereocenters. The average Bonchev–Trinajstić information content (AvgIpc) is 3.11. The molecule has 21 heavy (non-hydrogen) atoms. The van der Waals surface area contributed by atoms with Crippen LogP contribution in [-0.2, 0) is 12.8 Å². The lowest BCUT2D eigenvalue weighted by Gasteiger charge is -2.08. The Bertz CT molecular complexity index is 781. The van der Waals surface area contributed by atoms with E-state index in [-0.39, 0.29) is 6.04 Å². The minimum atomic E-state index is -0.205. The van der Waals surface area contributed by atoms with Crippen LogP contribution in [0.15, 0.2) is 34.7 Å². The zero-order valence-corrected chi connectivity index (χ0v) is 13.1. The molecule has 108 valence electrons. The zero-order valence-electron chi connectivity index (χ0n) is 11.6. The molecule has 0 fully saturated rings. The molecular formula is C17H16ClNOS. The Morgan fingerprint density at radius 3 is 2.86 bits per heavy atom. The Kier molecular flexibility index (Phi) is 3.29. The summed E-state index contributed by atoms with van der Waals surface area (Å²) in [5.74, 6) is 0.789. The average molecular weight is 318 g/mol. The number of hydrogen-bond donors (Lipinski definition) is 1. The van der Waals surface area contributed by atoms with Crippen molar-refractivity contribution in [3.8, 4) is 0 Å². The molecule has 2 nitrogen and oxygen atoms in total. The van der Waals surface area contributed by atoms with E-state index in [1.807, 2.05) is 35.6 Å². The molecule has 2 heterocycles. The second-order valence-corrected chi connectivity index (χ2v) is 7.16. The highest BCUT2D eigenvalue weighted by Crippen LogP contribution is 2.36. The van der Waals surface area contributed by atoms with Crippen molar-refractivity contribution in [3.63, 3.8) is 0 Å². The van der Waals surface area contributed by atoms with Gasteiger partial charge in [0.15, 0.2) is 5.58 Å². The number of aryl methyl sites for hydroxylation is 2. The molecule has 2 aromatic heterocycles. The SMILES string of the molecule is NC(c1cc2cccc(Cl)c2o1)c1cc2c(s1)CCCC2. The van der Waals surface area contributed by atoms with Crippen molar-refractivity contribution in [2.75, 3.05) is 0 Å². The number of hydrogen-bond acceptors (Lipinski definition) is 3. The van der Waals surface area contributed by atoms with Crippen LogP contribution >= 0.6 is 22.9 Å². The fourth-order valence-electron chi connectivity index (χ4n) is 3.01. The summed E-state index contributed by atoms with van der Waals surface area (Å²) in [6.07, 6.45) is 4.96. The van der Waals surface area contributed by atoms with Crippen LogP contribution in [0.1, 0.15) is 40.0 Å². The second kappa shape index (κ2) is 5.16. The molecule has 1 aliphatic rings. The quantitative estimate of drug-likeness (QED) is 0.716. The lowest BCUT2D eigenvalue weighted by Crippen LogP contribution is -2.08. The van der Waals surface area contributed by atoms with Gasteiger partial charge >= 0.3 is 0 Å². The minimum absolute atomic E-state index is 0.205. The maximum Gasteiger partial charge on any atom is 0.152 e. The highest BCUT2D eigenvalue weighted by molar-refractivity contribution is 7.12. The molecule has 0 spiro atoms. The zero-order chi connectivity index (χ0) is 14.4. The van der Waals surface area contributed by atoms with Crippen LogP contribution in [-0.4, -0.2) is 0 Å². The van der Waals surface area contributed by atoms with Crippen molar-refractivity contribution in [1.82, 2.24) is 0 Å². The molecule has 4 rings (SSSR count). The molecule has 1 aliphatic carbocycles. The van der Waals surface area contributed by atoms with Crippen molar-refractivity contribution in [2.24, 2.45) is 5.73 Å². The Morgan fingerprint density at radius 1 is 1.19 bits per heavy atom. The predicted octanol–water partition coefficient (Wildman–Crippen LogP) is 5.07. The van der Waals surface area contributed by atoms with E-state index in [2.05, 4.69) is 6.07 Å². The largest absolute Gasteiger partial charge is 0.457 e. The van der Waals surface area contributed by atoms with Gasteiger partial charge < -0.3 is 10.2 Å². The Labute approximate surface area is 132 Å². The number of para-hydroxylation sites is 1. The van der Waals surface area contributed by atoms with Gasteiger partial charge in [-0.2, -0.15) is 0 Å². The van der Waals surface area contributed by atoms with E-state index < -0.39 is 0 Å². The third kappa shape index (κ3) is 2.30. The number of furan rings is 1. The highest BCUT2D eigenvalue weighted by atomic mass is 35.5. The summed E-state index contributed by atoms with van der Waals surface area (Å²) in [5, 5.41) is 1.64. The van der Waals surface area contributed by atoms with Gasteiger partial charge in [-0.1, -0.05) is 23.7 Å². The second-order valence-electron chi connectivity index (χ2n) is 5.59.